The van der Waals surface area contributed by atoms with Gasteiger partial charge in [-0.15, -0.1) is 0 Å². The van der Waals surface area contributed by atoms with Crippen molar-refractivity contribution < 1.29 is 12.8 Å². The summed E-state index contributed by atoms with van der Waals surface area (Å²) in [5.41, 5.74) is 2.35. The largest absolute Gasteiger partial charge is 0.431 e. The number of halogens is 1. The normalized spacial score (nSPS) is 12.2. The Balaban J connectivity index is 2.04. The van der Waals surface area contributed by atoms with E-state index in [-0.39, 0.29) is 0 Å². The first-order valence-corrected chi connectivity index (χ1v) is 8.75. The average molecular weight is 321 g/mol. The van der Waals surface area contributed by atoms with Gasteiger partial charge >= 0.3 is 0 Å². The first-order chi connectivity index (χ1) is 8.85. The minimum atomic E-state index is -3.15. The number of fused-ring (bicyclic) bond motifs is 1. The number of nitrogens with one attached hydrogen (secondary N) is 1. The molecule has 1 heterocycles. The van der Waals surface area contributed by atoms with E-state index in [2.05, 4.69) is 9.71 Å². The lowest BCUT2D eigenvalue weighted by Crippen LogP contribution is -2.24. The number of aryl methyl sites for hydroxylation is 1. The predicted molar refractivity (Wildman–Crippen MR) is 77.3 cm³/mol. The SMILES string of the molecule is Cc1cc(Cl)cc2nc(SCCNS(C)(=O)=O)oc12. The van der Waals surface area contributed by atoms with Crippen LogP contribution in [0.15, 0.2) is 21.8 Å². The standard InChI is InChI=1S/C11H13ClN2O3S2/c1-7-5-8(12)6-9-10(7)17-11(14-9)18-4-3-13-19(2,15)16/h5-6,13H,3-4H2,1-2H3. The molecule has 1 aromatic carbocycles. The zero-order valence-corrected chi connectivity index (χ0v) is 12.8. The highest BCUT2D eigenvalue weighted by Gasteiger charge is 2.10. The van der Waals surface area contributed by atoms with Gasteiger partial charge in [-0.25, -0.2) is 18.1 Å². The van der Waals surface area contributed by atoms with Gasteiger partial charge in [0.1, 0.15) is 5.52 Å². The van der Waals surface area contributed by atoms with Crippen molar-refractivity contribution in [3.8, 4) is 0 Å². The predicted octanol–water partition coefficient (Wildman–Crippen LogP) is 2.43. The lowest BCUT2D eigenvalue weighted by Gasteiger charge is -1.99. The first-order valence-electron chi connectivity index (χ1n) is 5.49. The van der Waals surface area contributed by atoms with Crippen molar-refractivity contribution >= 4 is 44.5 Å². The van der Waals surface area contributed by atoms with Crippen LogP contribution >= 0.6 is 23.4 Å². The molecule has 0 saturated carbocycles. The number of sulfonamides is 1. The van der Waals surface area contributed by atoms with E-state index in [1.54, 1.807) is 6.07 Å². The molecule has 0 fully saturated rings. The van der Waals surface area contributed by atoms with Crippen LogP contribution in [0, 0.1) is 6.92 Å². The number of benzene rings is 1. The molecule has 0 spiro atoms. The minimum Gasteiger partial charge on any atom is -0.431 e. The molecule has 2 rings (SSSR count). The fourth-order valence-electron chi connectivity index (χ4n) is 1.56. The smallest absolute Gasteiger partial charge is 0.256 e. The highest BCUT2D eigenvalue weighted by atomic mass is 35.5. The summed E-state index contributed by atoms with van der Waals surface area (Å²) in [4.78, 5) is 4.30. The van der Waals surface area contributed by atoms with Gasteiger partial charge in [0.05, 0.1) is 6.26 Å². The topological polar surface area (TPSA) is 72.2 Å². The van der Waals surface area contributed by atoms with Gasteiger partial charge < -0.3 is 4.42 Å². The number of rotatable bonds is 5. The second-order valence-corrected chi connectivity index (χ2v) is 7.38. The number of aromatic nitrogens is 1. The highest BCUT2D eigenvalue weighted by Crippen LogP contribution is 2.28. The highest BCUT2D eigenvalue weighted by molar-refractivity contribution is 7.99. The molecule has 2 aromatic rings. The van der Waals surface area contributed by atoms with E-state index in [9.17, 15) is 8.42 Å². The van der Waals surface area contributed by atoms with Crippen LogP contribution in [0.1, 0.15) is 5.56 Å². The van der Waals surface area contributed by atoms with Gasteiger partial charge in [0.2, 0.25) is 10.0 Å². The molecule has 1 aromatic heterocycles. The van der Waals surface area contributed by atoms with Gasteiger partial charge in [0.25, 0.3) is 5.22 Å². The van der Waals surface area contributed by atoms with Gasteiger partial charge in [0, 0.05) is 17.3 Å². The molecule has 8 heteroatoms. The summed E-state index contributed by atoms with van der Waals surface area (Å²) < 4.78 is 29.8. The molecule has 0 radical (unpaired) electrons. The Morgan fingerprint density at radius 2 is 2.21 bits per heavy atom. The van der Waals surface area contributed by atoms with Gasteiger partial charge in [0.15, 0.2) is 5.58 Å². The summed E-state index contributed by atoms with van der Waals surface area (Å²) in [7, 11) is -3.15. The molecule has 0 unspecified atom stereocenters. The fourth-order valence-corrected chi connectivity index (χ4v) is 3.12. The maximum Gasteiger partial charge on any atom is 0.256 e. The van der Waals surface area contributed by atoms with Crippen LogP contribution in [0.3, 0.4) is 0 Å². The fraction of sp³-hybridized carbons (Fsp3) is 0.364. The average Bonchev–Trinajstić information content (AvgIpc) is 2.66. The van der Waals surface area contributed by atoms with Crippen LogP contribution in [0.2, 0.25) is 5.02 Å². The van der Waals surface area contributed by atoms with E-state index in [0.717, 1.165) is 11.8 Å². The van der Waals surface area contributed by atoms with Crippen LogP contribution in [-0.4, -0.2) is 32.0 Å². The summed E-state index contributed by atoms with van der Waals surface area (Å²) in [5.74, 6) is 0.548. The van der Waals surface area contributed by atoms with Crippen molar-refractivity contribution in [3.63, 3.8) is 0 Å². The van der Waals surface area contributed by atoms with Crippen molar-refractivity contribution in [2.45, 2.75) is 12.1 Å². The first kappa shape index (κ1) is 14.6. The molecule has 5 nitrogen and oxygen atoms in total. The second kappa shape index (κ2) is 5.70. The monoisotopic (exact) mass is 320 g/mol. The Morgan fingerprint density at radius 1 is 1.47 bits per heavy atom. The summed E-state index contributed by atoms with van der Waals surface area (Å²) in [6.45, 7) is 2.24. The van der Waals surface area contributed by atoms with Crippen LogP contribution in [0.4, 0.5) is 0 Å². The molecule has 0 aliphatic carbocycles. The number of thioether (sulfide) groups is 1. The molecule has 0 bridgehead atoms. The molecular weight excluding hydrogens is 308 g/mol. The van der Waals surface area contributed by atoms with Crippen molar-refractivity contribution in [1.29, 1.82) is 0 Å². The summed E-state index contributed by atoms with van der Waals surface area (Å²) >= 11 is 7.30. The lowest BCUT2D eigenvalue weighted by molar-refractivity contribution is 0.488. The zero-order valence-electron chi connectivity index (χ0n) is 10.4. The van der Waals surface area contributed by atoms with E-state index in [4.69, 9.17) is 16.0 Å². The number of nitrogens with zero attached hydrogens (tertiary/aromatic N) is 1. The molecule has 0 amide bonds. The summed E-state index contributed by atoms with van der Waals surface area (Å²) in [5, 5.41) is 1.13. The van der Waals surface area contributed by atoms with Gasteiger partial charge in [-0.05, 0) is 24.6 Å². The van der Waals surface area contributed by atoms with Gasteiger partial charge in [-0.1, -0.05) is 23.4 Å². The van der Waals surface area contributed by atoms with E-state index in [0.29, 0.717) is 33.6 Å². The molecule has 0 aliphatic rings. The van der Waals surface area contributed by atoms with Crippen LogP contribution in [0.25, 0.3) is 11.1 Å². The van der Waals surface area contributed by atoms with E-state index < -0.39 is 10.0 Å². The van der Waals surface area contributed by atoms with Crippen LogP contribution < -0.4 is 4.72 Å². The van der Waals surface area contributed by atoms with Gasteiger partial charge in [-0.2, -0.15) is 0 Å². The molecule has 0 aliphatic heterocycles. The Bertz CT molecular complexity index is 697. The third-order valence-corrected chi connectivity index (χ3v) is 4.09. The third-order valence-electron chi connectivity index (χ3n) is 2.31. The molecule has 19 heavy (non-hydrogen) atoms. The molecular formula is C11H13ClN2O3S2. The maximum absolute atomic E-state index is 10.9. The Labute approximate surface area is 120 Å². The number of hydrogen-bond acceptors (Lipinski definition) is 5. The summed E-state index contributed by atoms with van der Waals surface area (Å²) in [6.07, 6.45) is 1.13. The van der Waals surface area contributed by atoms with E-state index in [1.165, 1.54) is 11.8 Å². The van der Waals surface area contributed by atoms with Crippen molar-refractivity contribution in [3.05, 3.63) is 22.7 Å². The van der Waals surface area contributed by atoms with Crippen molar-refractivity contribution in [2.24, 2.45) is 0 Å². The lowest BCUT2D eigenvalue weighted by atomic mass is 10.2. The number of oxazole rings is 1. The Kier molecular flexibility index (Phi) is 4.39. The minimum absolute atomic E-state index is 0.335. The zero-order chi connectivity index (χ0) is 14.0. The van der Waals surface area contributed by atoms with Crippen molar-refractivity contribution in [1.82, 2.24) is 9.71 Å². The molecule has 1 N–H and O–H groups in total. The van der Waals surface area contributed by atoms with Gasteiger partial charge in [-0.3, -0.25) is 0 Å². The third kappa shape index (κ3) is 4.10. The second-order valence-electron chi connectivity index (χ2n) is 4.07. The maximum atomic E-state index is 10.9. The quantitative estimate of drug-likeness (QED) is 0.676. The number of hydrogen-bond donors (Lipinski definition) is 1. The molecule has 0 saturated heterocycles. The van der Waals surface area contributed by atoms with Crippen molar-refractivity contribution in [2.75, 3.05) is 18.6 Å². The molecule has 104 valence electrons. The van der Waals surface area contributed by atoms with Crippen LogP contribution in [0.5, 0.6) is 0 Å². The Morgan fingerprint density at radius 3 is 2.89 bits per heavy atom. The molecule has 0 atom stereocenters. The Hall–Kier alpha value is -0.760. The van der Waals surface area contributed by atoms with Crippen LogP contribution in [-0.2, 0) is 10.0 Å². The van der Waals surface area contributed by atoms with E-state index >= 15 is 0 Å². The summed E-state index contributed by atoms with van der Waals surface area (Å²) in [6, 6.07) is 3.56. The van der Waals surface area contributed by atoms with E-state index in [1.807, 2.05) is 13.0 Å².